The Hall–Kier alpha value is -2.15. The van der Waals surface area contributed by atoms with E-state index in [1.165, 1.54) is 7.05 Å². The molecule has 1 heterocycles. The maximum absolute atomic E-state index is 12.3. The van der Waals surface area contributed by atoms with E-state index < -0.39 is 17.7 Å². The van der Waals surface area contributed by atoms with Crippen molar-refractivity contribution in [2.75, 3.05) is 14.1 Å². The van der Waals surface area contributed by atoms with Gasteiger partial charge in [-0.05, 0) is 39.4 Å². The minimum atomic E-state index is -0.681. The Bertz CT molecular complexity index is 485. The van der Waals surface area contributed by atoms with Gasteiger partial charge in [0.05, 0.1) is 0 Å². The molecule has 0 aliphatic carbocycles. The van der Waals surface area contributed by atoms with Crippen molar-refractivity contribution < 1.29 is 14.3 Å². The summed E-state index contributed by atoms with van der Waals surface area (Å²) in [6.07, 6.45) is 2.54. The number of nitrogens with zero attached hydrogens (tertiary/aromatic N) is 2. The topological polar surface area (TPSA) is 83.6 Å². The summed E-state index contributed by atoms with van der Waals surface area (Å²) in [4.78, 5) is 28.0. The van der Waals surface area contributed by atoms with Crippen LogP contribution in [0.5, 0.6) is 0 Å². The fourth-order valence-electron chi connectivity index (χ4n) is 1.67. The van der Waals surface area contributed by atoms with E-state index in [0.717, 1.165) is 5.01 Å². The number of carbonyl (C=O) groups is 2. The molecule has 0 fully saturated rings. The lowest BCUT2D eigenvalue weighted by atomic mass is 10.1. The molecule has 0 radical (unpaired) electrons. The van der Waals surface area contributed by atoms with Gasteiger partial charge in [-0.2, -0.15) is 0 Å². The number of hydrogen-bond donors (Lipinski definition) is 2. The molecule has 1 atom stereocenters. The smallest absolute Gasteiger partial charge is 0.426 e. The van der Waals surface area contributed by atoms with Gasteiger partial charge in [0.15, 0.2) is 0 Å². The zero-order chi connectivity index (χ0) is 16.0. The number of likely N-dealkylation sites (N-methyl/N-ethyl adjacent to an activating group) is 2. The summed E-state index contributed by atoms with van der Waals surface area (Å²) in [6, 6.07) is 2.93. The number of amides is 2. The van der Waals surface area contributed by atoms with Crippen LogP contribution in [0, 0.1) is 0 Å². The number of nitrogens with one attached hydrogen (secondary N) is 2. The predicted octanol–water partition coefficient (Wildman–Crippen LogP) is 1.24. The SMILES string of the molecule is CNC(C(=O)N(C)NC(=O)OC(C)(C)C)c1cccnc1. The number of carbonyl (C=O) groups excluding carboxylic acids is 2. The highest BCUT2D eigenvalue weighted by Crippen LogP contribution is 2.13. The van der Waals surface area contributed by atoms with Gasteiger partial charge in [-0.3, -0.25) is 14.8 Å². The molecule has 21 heavy (non-hydrogen) atoms. The van der Waals surface area contributed by atoms with E-state index in [0.29, 0.717) is 5.56 Å². The van der Waals surface area contributed by atoms with Crippen LogP contribution in [-0.2, 0) is 9.53 Å². The molecule has 2 N–H and O–H groups in total. The van der Waals surface area contributed by atoms with Crippen LogP contribution in [0.25, 0.3) is 0 Å². The van der Waals surface area contributed by atoms with Crippen LogP contribution in [0.1, 0.15) is 32.4 Å². The predicted molar refractivity (Wildman–Crippen MR) is 78.2 cm³/mol. The molecule has 0 aliphatic heterocycles. The van der Waals surface area contributed by atoms with Crippen LogP contribution in [-0.4, -0.2) is 41.7 Å². The highest BCUT2D eigenvalue weighted by atomic mass is 16.6. The third kappa shape index (κ3) is 5.39. The Balaban J connectivity index is 2.70. The molecule has 0 spiro atoms. The van der Waals surface area contributed by atoms with Gasteiger partial charge in [-0.1, -0.05) is 6.07 Å². The number of hydrogen-bond acceptors (Lipinski definition) is 5. The van der Waals surface area contributed by atoms with Gasteiger partial charge in [-0.15, -0.1) is 0 Å². The fourth-order valence-corrected chi connectivity index (χ4v) is 1.67. The standard InChI is InChI=1S/C14H22N4O3/c1-14(2,3)21-13(20)17-18(5)12(19)11(15-4)10-7-6-8-16-9-10/h6-9,11,15H,1-5H3,(H,17,20). The van der Waals surface area contributed by atoms with Crippen molar-refractivity contribution in [1.82, 2.24) is 20.7 Å². The molecule has 1 aromatic rings. The Morgan fingerprint density at radius 1 is 1.38 bits per heavy atom. The van der Waals surface area contributed by atoms with Crippen molar-refractivity contribution in [1.29, 1.82) is 0 Å². The zero-order valence-corrected chi connectivity index (χ0v) is 13.0. The van der Waals surface area contributed by atoms with Crippen LogP contribution in [0.15, 0.2) is 24.5 Å². The van der Waals surface area contributed by atoms with E-state index >= 15 is 0 Å². The second-order valence-corrected chi connectivity index (χ2v) is 5.52. The number of hydrazine groups is 1. The van der Waals surface area contributed by atoms with Crippen LogP contribution in [0.3, 0.4) is 0 Å². The molecule has 116 valence electrons. The summed E-state index contributed by atoms with van der Waals surface area (Å²) in [7, 11) is 3.13. The van der Waals surface area contributed by atoms with E-state index in [1.807, 2.05) is 0 Å². The zero-order valence-electron chi connectivity index (χ0n) is 13.0. The monoisotopic (exact) mass is 294 g/mol. The number of pyridine rings is 1. The summed E-state index contributed by atoms with van der Waals surface area (Å²) in [5.74, 6) is -0.323. The number of ether oxygens (including phenoxy) is 1. The Kier molecular flexibility index (Phi) is 5.66. The Morgan fingerprint density at radius 3 is 2.52 bits per heavy atom. The fraction of sp³-hybridized carbons (Fsp3) is 0.500. The average molecular weight is 294 g/mol. The number of aromatic nitrogens is 1. The maximum atomic E-state index is 12.3. The van der Waals surface area contributed by atoms with Crippen LogP contribution >= 0.6 is 0 Å². The van der Waals surface area contributed by atoms with E-state index in [-0.39, 0.29) is 5.91 Å². The highest BCUT2D eigenvalue weighted by Gasteiger charge is 2.25. The third-order valence-electron chi connectivity index (χ3n) is 2.54. The summed E-state index contributed by atoms with van der Waals surface area (Å²) < 4.78 is 5.10. The van der Waals surface area contributed by atoms with Crippen molar-refractivity contribution in [2.24, 2.45) is 0 Å². The summed E-state index contributed by atoms with van der Waals surface area (Å²) in [5.41, 5.74) is 2.47. The first-order valence-corrected chi connectivity index (χ1v) is 6.59. The molecule has 0 saturated carbocycles. The van der Waals surface area contributed by atoms with Gasteiger partial charge >= 0.3 is 6.09 Å². The van der Waals surface area contributed by atoms with Gasteiger partial charge in [0.1, 0.15) is 11.6 Å². The second kappa shape index (κ2) is 7.03. The molecule has 0 bridgehead atoms. The molecule has 7 heteroatoms. The molecule has 0 aromatic carbocycles. The molecule has 0 saturated heterocycles. The molecule has 2 amide bonds. The first-order valence-electron chi connectivity index (χ1n) is 6.59. The second-order valence-electron chi connectivity index (χ2n) is 5.52. The summed E-state index contributed by atoms with van der Waals surface area (Å²) in [6.45, 7) is 5.25. The quantitative estimate of drug-likeness (QED) is 0.820. The minimum absolute atomic E-state index is 0.323. The van der Waals surface area contributed by atoms with Crippen molar-refractivity contribution in [2.45, 2.75) is 32.4 Å². The summed E-state index contributed by atoms with van der Waals surface area (Å²) in [5, 5.41) is 4.00. The van der Waals surface area contributed by atoms with E-state index in [9.17, 15) is 9.59 Å². The molecule has 7 nitrogen and oxygen atoms in total. The largest absolute Gasteiger partial charge is 0.443 e. The first-order chi connectivity index (χ1) is 9.74. The van der Waals surface area contributed by atoms with E-state index in [2.05, 4.69) is 15.7 Å². The van der Waals surface area contributed by atoms with Crippen molar-refractivity contribution in [3.8, 4) is 0 Å². The minimum Gasteiger partial charge on any atom is -0.443 e. The molecule has 1 unspecified atom stereocenters. The van der Waals surface area contributed by atoms with E-state index in [4.69, 9.17) is 4.74 Å². The Morgan fingerprint density at radius 2 is 2.05 bits per heavy atom. The third-order valence-corrected chi connectivity index (χ3v) is 2.54. The van der Waals surface area contributed by atoms with Gasteiger partial charge in [-0.25, -0.2) is 10.2 Å². The average Bonchev–Trinajstić information content (AvgIpc) is 2.38. The van der Waals surface area contributed by atoms with Gasteiger partial charge in [0.25, 0.3) is 5.91 Å². The molecule has 1 rings (SSSR count). The summed E-state index contributed by atoms with van der Waals surface area (Å²) >= 11 is 0. The van der Waals surface area contributed by atoms with Crippen LogP contribution < -0.4 is 10.7 Å². The first kappa shape index (κ1) is 16.9. The van der Waals surface area contributed by atoms with Crippen molar-refractivity contribution in [3.63, 3.8) is 0 Å². The van der Waals surface area contributed by atoms with Crippen molar-refractivity contribution in [3.05, 3.63) is 30.1 Å². The molecule has 0 aliphatic rings. The highest BCUT2D eigenvalue weighted by molar-refractivity contribution is 5.84. The normalized spacial score (nSPS) is 12.4. The number of rotatable bonds is 3. The molecular formula is C14H22N4O3. The lowest BCUT2D eigenvalue weighted by Crippen LogP contribution is -2.49. The lowest BCUT2D eigenvalue weighted by Gasteiger charge is -2.26. The maximum Gasteiger partial charge on any atom is 0.426 e. The van der Waals surface area contributed by atoms with Crippen LogP contribution in [0.2, 0.25) is 0 Å². The van der Waals surface area contributed by atoms with Gasteiger partial charge in [0, 0.05) is 19.4 Å². The van der Waals surface area contributed by atoms with Crippen molar-refractivity contribution >= 4 is 12.0 Å². The van der Waals surface area contributed by atoms with Crippen LogP contribution in [0.4, 0.5) is 4.79 Å². The molecular weight excluding hydrogens is 272 g/mol. The lowest BCUT2D eigenvalue weighted by molar-refractivity contribution is -0.135. The van der Waals surface area contributed by atoms with E-state index in [1.54, 1.807) is 52.3 Å². The van der Waals surface area contributed by atoms with Gasteiger partial charge in [0.2, 0.25) is 0 Å². The van der Waals surface area contributed by atoms with Gasteiger partial charge < -0.3 is 10.1 Å². The molecule has 1 aromatic heterocycles. The Labute approximate surface area is 124 Å².